The highest BCUT2D eigenvalue weighted by molar-refractivity contribution is 14.0. The Bertz CT molecular complexity index is 439. The van der Waals surface area contributed by atoms with Crippen LogP contribution in [0.4, 0.5) is 0 Å². The molecule has 146 valence electrons. The Morgan fingerprint density at radius 1 is 1.32 bits per heavy atom. The van der Waals surface area contributed by atoms with Crippen molar-refractivity contribution in [2.45, 2.75) is 24.4 Å². The first-order valence-electron chi connectivity index (χ1n) is 9.17. The molecule has 3 aliphatic rings. The maximum Gasteiger partial charge on any atom is 0.193 e. The van der Waals surface area contributed by atoms with E-state index in [0.717, 1.165) is 51.9 Å². The smallest absolute Gasteiger partial charge is 0.193 e. The summed E-state index contributed by atoms with van der Waals surface area (Å²) in [7, 11) is 6.33. The lowest BCUT2D eigenvalue weighted by Crippen LogP contribution is -2.55. The van der Waals surface area contributed by atoms with Crippen molar-refractivity contribution in [1.29, 1.82) is 0 Å². The van der Waals surface area contributed by atoms with Crippen molar-refractivity contribution < 1.29 is 4.74 Å². The molecule has 3 aliphatic heterocycles. The highest BCUT2D eigenvalue weighted by atomic mass is 127. The van der Waals surface area contributed by atoms with E-state index in [1.165, 1.54) is 24.3 Å². The van der Waals surface area contributed by atoms with Gasteiger partial charge >= 0.3 is 0 Å². The highest BCUT2D eigenvalue weighted by Crippen LogP contribution is 2.31. The number of morpholine rings is 1. The Hall–Kier alpha value is 0.230. The fraction of sp³-hybridized carbons (Fsp3) is 0.941. The maximum absolute atomic E-state index is 5.49. The first kappa shape index (κ1) is 21.5. The molecule has 0 radical (unpaired) electrons. The number of likely N-dealkylation sites (N-methyl/N-ethyl adjacent to an activating group) is 1. The molecule has 3 fully saturated rings. The van der Waals surface area contributed by atoms with Crippen molar-refractivity contribution in [3.63, 3.8) is 0 Å². The van der Waals surface area contributed by atoms with E-state index in [2.05, 4.69) is 50.9 Å². The van der Waals surface area contributed by atoms with E-state index in [4.69, 9.17) is 4.74 Å². The van der Waals surface area contributed by atoms with Gasteiger partial charge in [-0.1, -0.05) is 0 Å². The Morgan fingerprint density at radius 2 is 2.08 bits per heavy atom. The van der Waals surface area contributed by atoms with Crippen molar-refractivity contribution in [2.24, 2.45) is 4.99 Å². The molecule has 25 heavy (non-hydrogen) atoms. The quantitative estimate of drug-likeness (QED) is 0.366. The highest BCUT2D eigenvalue weighted by Gasteiger charge is 2.37. The molecule has 3 saturated heterocycles. The average Bonchev–Trinajstić information content (AvgIpc) is 3.27. The van der Waals surface area contributed by atoms with Crippen molar-refractivity contribution in [1.82, 2.24) is 20.0 Å². The number of hydrogen-bond donors (Lipinski definition) is 1. The maximum atomic E-state index is 5.49. The van der Waals surface area contributed by atoms with Crippen molar-refractivity contribution in [3.05, 3.63) is 0 Å². The fourth-order valence-electron chi connectivity index (χ4n) is 4.00. The zero-order valence-corrected chi connectivity index (χ0v) is 19.0. The molecule has 2 unspecified atom stereocenters. The number of likely N-dealkylation sites (tertiary alicyclic amines) is 1. The van der Waals surface area contributed by atoms with E-state index in [1.54, 1.807) is 0 Å². The number of halogens is 1. The van der Waals surface area contributed by atoms with Gasteiger partial charge in [0.2, 0.25) is 0 Å². The lowest BCUT2D eigenvalue weighted by molar-refractivity contribution is 0.0194. The van der Waals surface area contributed by atoms with E-state index < -0.39 is 0 Å². The molecule has 0 aliphatic carbocycles. The van der Waals surface area contributed by atoms with Crippen LogP contribution in [0.5, 0.6) is 0 Å². The minimum absolute atomic E-state index is 0. The minimum Gasteiger partial charge on any atom is -0.379 e. The predicted octanol–water partition coefficient (Wildman–Crippen LogP) is 1.02. The molecular weight excluding hydrogens is 449 g/mol. The molecule has 8 heteroatoms. The van der Waals surface area contributed by atoms with E-state index in [0.29, 0.717) is 6.04 Å². The summed E-state index contributed by atoms with van der Waals surface area (Å²) >= 11 is 2.07. The van der Waals surface area contributed by atoms with Crippen LogP contribution in [0, 0.1) is 0 Å². The van der Waals surface area contributed by atoms with Gasteiger partial charge in [0, 0.05) is 57.1 Å². The molecule has 0 saturated carbocycles. The number of nitrogens with one attached hydrogen (secondary N) is 1. The molecule has 6 nitrogen and oxygen atoms in total. The predicted molar refractivity (Wildman–Crippen MR) is 118 cm³/mol. The van der Waals surface area contributed by atoms with E-state index in [9.17, 15) is 0 Å². The van der Waals surface area contributed by atoms with E-state index >= 15 is 0 Å². The molecule has 0 aromatic heterocycles. The van der Waals surface area contributed by atoms with Gasteiger partial charge in [-0.05, 0) is 32.7 Å². The largest absolute Gasteiger partial charge is 0.379 e. The topological polar surface area (TPSA) is 43.3 Å². The second-order valence-electron chi connectivity index (χ2n) is 7.36. The van der Waals surface area contributed by atoms with Crippen LogP contribution >= 0.6 is 35.7 Å². The monoisotopic (exact) mass is 483 g/mol. The van der Waals surface area contributed by atoms with Gasteiger partial charge in [-0.25, -0.2) is 0 Å². The molecule has 3 rings (SSSR count). The summed E-state index contributed by atoms with van der Waals surface area (Å²) in [5.41, 5.74) is 0.268. The summed E-state index contributed by atoms with van der Waals surface area (Å²) in [4.78, 5) is 12.0. The number of thioether (sulfide) groups is 1. The zero-order valence-electron chi connectivity index (χ0n) is 15.9. The van der Waals surface area contributed by atoms with Crippen molar-refractivity contribution >= 4 is 41.7 Å². The van der Waals surface area contributed by atoms with Crippen LogP contribution in [-0.4, -0.2) is 111 Å². The minimum atomic E-state index is 0. The third-order valence-corrected chi connectivity index (χ3v) is 7.08. The molecule has 0 spiro atoms. The average molecular weight is 483 g/mol. The number of ether oxygens (including phenoxy) is 1. The van der Waals surface area contributed by atoms with Crippen LogP contribution in [0.2, 0.25) is 0 Å². The molecule has 0 bridgehead atoms. The van der Waals surface area contributed by atoms with Crippen LogP contribution in [-0.2, 0) is 4.74 Å². The van der Waals surface area contributed by atoms with E-state index in [1.807, 2.05) is 7.05 Å². The van der Waals surface area contributed by atoms with Crippen LogP contribution in [0.15, 0.2) is 4.99 Å². The fourth-order valence-corrected chi connectivity index (χ4v) is 5.55. The molecule has 0 amide bonds. The molecule has 3 heterocycles. The number of rotatable bonds is 4. The summed E-state index contributed by atoms with van der Waals surface area (Å²) < 4.78 is 5.49. The lowest BCUT2D eigenvalue weighted by atomic mass is 9.97. The zero-order chi connectivity index (χ0) is 17.0. The van der Waals surface area contributed by atoms with Gasteiger partial charge in [0.15, 0.2) is 5.96 Å². The second-order valence-corrected chi connectivity index (χ2v) is 8.46. The van der Waals surface area contributed by atoms with Gasteiger partial charge in [0.25, 0.3) is 0 Å². The third-order valence-electron chi connectivity index (χ3n) is 5.84. The standard InChI is InChI=1S/C17H33N5OS.HI/c1-18-16(19-13-17(20(2)3)5-11-24-14-17)22-6-4-15(12-22)21-7-9-23-10-8-21;/h15H,4-14H2,1-3H3,(H,18,19);1H. The van der Waals surface area contributed by atoms with Gasteiger partial charge in [-0.2, -0.15) is 11.8 Å². The van der Waals surface area contributed by atoms with Gasteiger partial charge in [-0.3, -0.25) is 9.89 Å². The van der Waals surface area contributed by atoms with Crippen LogP contribution in [0.25, 0.3) is 0 Å². The van der Waals surface area contributed by atoms with Gasteiger partial charge in [0.05, 0.1) is 13.2 Å². The summed E-state index contributed by atoms with van der Waals surface area (Å²) in [5, 5.41) is 3.68. The molecule has 2 atom stereocenters. The number of nitrogens with zero attached hydrogens (tertiary/aromatic N) is 4. The van der Waals surface area contributed by atoms with Gasteiger partial charge in [0.1, 0.15) is 0 Å². The molecule has 0 aromatic rings. The first-order valence-corrected chi connectivity index (χ1v) is 10.3. The lowest BCUT2D eigenvalue weighted by Gasteiger charge is -2.37. The SMILES string of the molecule is CN=C(NCC1(N(C)C)CCSC1)N1CCC(N2CCOCC2)C1.I. The normalized spacial score (nSPS) is 31.4. The van der Waals surface area contributed by atoms with Crippen LogP contribution in [0.3, 0.4) is 0 Å². The van der Waals surface area contributed by atoms with Gasteiger partial charge in [-0.15, -0.1) is 24.0 Å². The Labute approximate surface area is 174 Å². The Balaban J connectivity index is 0.00000225. The molecule has 0 aromatic carbocycles. The number of hydrogen-bond acceptors (Lipinski definition) is 5. The van der Waals surface area contributed by atoms with E-state index in [-0.39, 0.29) is 29.5 Å². The van der Waals surface area contributed by atoms with Crippen molar-refractivity contribution in [2.75, 3.05) is 78.6 Å². The summed E-state index contributed by atoms with van der Waals surface area (Å²) in [5.74, 6) is 3.55. The van der Waals surface area contributed by atoms with Gasteiger partial charge < -0.3 is 19.9 Å². The van der Waals surface area contributed by atoms with Crippen LogP contribution < -0.4 is 5.32 Å². The summed E-state index contributed by atoms with van der Waals surface area (Å²) in [6, 6.07) is 0.650. The summed E-state index contributed by atoms with van der Waals surface area (Å²) in [6.45, 7) is 7.09. The molecule has 1 N–H and O–H groups in total. The third kappa shape index (κ3) is 5.15. The Kier molecular flexibility index (Phi) is 8.58. The van der Waals surface area contributed by atoms with Crippen molar-refractivity contribution in [3.8, 4) is 0 Å². The number of aliphatic imine (C=N–C) groups is 1. The second kappa shape index (κ2) is 9.96. The first-order chi connectivity index (χ1) is 11.6. The summed E-state index contributed by atoms with van der Waals surface area (Å²) in [6.07, 6.45) is 2.49. The number of guanidine groups is 1. The Morgan fingerprint density at radius 3 is 2.68 bits per heavy atom. The van der Waals surface area contributed by atoms with Crippen LogP contribution in [0.1, 0.15) is 12.8 Å². The molecular formula is C17H34IN5OS.